The van der Waals surface area contributed by atoms with Gasteiger partial charge in [-0.15, -0.1) is 0 Å². The predicted molar refractivity (Wildman–Crippen MR) is 87.4 cm³/mol. The van der Waals surface area contributed by atoms with Crippen molar-refractivity contribution in [2.75, 3.05) is 12.3 Å². The van der Waals surface area contributed by atoms with Gasteiger partial charge in [-0.1, -0.05) is 20.8 Å². The van der Waals surface area contributed by atoms with Crippen molar-refractivity contribution in [2.24, 2.45) is 5.41 Å². The van der Waals surface area contributed by atoms with E-state index in [2.05, 4.69) is 26.1 Å². The third-order valence-corrected chi connectivity index (χ3v) is 2.93. The van der Waals surface area contributed by atoms with Gasteiger partial charge in [-0.2, -0.15) is 0 Å². The van der Waals surface area contributed by atoms with Crippen LogP contribution in [0.25, 0.3) is 0 Å². The van der Waals surface area contributed by atoms with Crippen LogP contribution in [0.3, 0.4) is 0 Å². The summed E-state index contributed by atoms with van der Waals surface area (Å²) < 4.78 is 5.01. The van der Waals surface area contributed by atoms with Crippen LogP contribution in [0.15, 0.2) is 24.3 Å². The zero-order chi connectivity index (χ0) is 17.0. The van der Waals surface area contributed by atoms with Crippen LogP contribution >= 0.6 is 0 Å². The molecule has 0 fully saturated rings. The van der Waals surface area contributed by atoms with Crippen LogP contribution in [0.2, 0.25) is 0 Å². The molecule has 122 valence electrons. The first-order valence-corrected chi connectivity index (χ1v) is 7.32. The number of carbonyl (C=O) groups excluding carboxylic acids is 2. The fourth-order valence-corrected chi connectivity index (χ4v) is 2.62. The Labute approximate surface area is 132 Å². The van der Waals surface area contributed by atoms with E-state index in [1.54, 1.807) is 24.3 Å². The smallest absolute Gasteiger partial charge is 0.338 e. The fraction of sp³-hybridized carbons (Fsp3) is 0.529. The van der Waals surface area contributed by atoms with Crippen LogP contribution in [-0.2, 0) is 9.53 Å². The first kappa shape index (κ1) is 18.0. The molecule has 0 saturated carbocycles. The topological polar surface area (TPSA) is 81.4 Å². The number of hydrogen-bond acceptors (Lipinski definition) is 4. The summed E-state index contributed by atoms with van der Waals surface area (Å²) in [5.74, 6) is -0.846. The van der Waals surface area contributed by atoms with E-state index in [0.717, 1.165) is 6.42 Å². The van der Waals surface area contributed by atoms with Crippen molar-refractivity contribution in [1.82, 2.24) is 5.32 Å². The highest BCUT2D eigenvalue weighted by Crippen LogP contribution is 2.26. The Kier molecular flexibility index (Phi) is 5.58. The van der Waals surface area contributed by atoms with Gasteiger partial charge in [0.05, 0.1) is 5.56 Å². The number of anilines is 1. The molecule has 0 aliphatic rings. The van der Waals surface area contributed by atoms with Crippen molar-refractivity contribution in [3.05, 3.63) is 29.8 Å². The van der Waals surface area contributed by atoms with Gasteiger partial charge in [-0.3, -0.25) is 4.79 Å². The monoisotopic (exact) mass is 306 g/mol. The molecule has 0 aliphatic heterocycles. The molecule has 5 nitrogen and oxygen atoms in total. The molecule has 1 aromatic rings. The maximum absolute atomic E-state index is 11.9. The molecule has 1 amide bonds. The van der Waals surface area contributed by atoms with E-state index in [1.165, 1.54) is 0 Å². The molecule has 0 atom stereocenters. The minimum Gasteiger partial charge on any atom is -0.452 e. The van der Waals surface area contributed by atoms with E-state index in [4.69, 9.17) is 10.5 Å². The average Bonchev–Trinajstić information content (AvgIpc) is 2.33. The van der Waals surface area contributed by atoms with E-state index in [1.807, 2.05) is 13.8 Å². The molecule has 0 unspecified atom stereocenters. The third kappa shape index (κ3) is 6.61. The standard InChI is InChI=1S/C17H26N2O3/c1-16(2,3)11-17(4,5)19-14(20)10-22-15(21)12-6-8-13(18)9-7-12/h6-9H,10-11,18H2,1-5H3,(H,19,20). The van der Waals surface area contributed by atoms with Gasteiger partial charge in [-0.05, 0) is 49.9 Å². The molecule has 5 heteroatoms. The summed E-state index contributed by atoms with van der Waals surface area (Å²) in [5.41, 5.74) is 6.23. The van der Waals surface area contributed by atoms with E-state index < -0.39 is 5.97 Å². The maximum atomic E-state index is 11.9. The van der Waals surface area contributed by atoms with Crippen molar-refractivity contribution in [3.8, 4) is 0 Å². The van der Waals surface area contributed by atoms with E-state index in [-0.39, 0.29) is 23.5 Å². The van der Waals surface area contributed by atoms with Gasteiger partial charge < -0.3 is 15.8 Å². The second-order valence-electron chi connectivity index (χ2n) is 7.37. The van der Waals surface area contributed by atoms with Crippen LogP contribution in [0.1, 0.15) is 51.4 Å². The molecule has 3 N–H and O–H groups in total. The minimum atomic E-state index is -0.538. The average molecular weight is 306 g/mol. The van der Waals surface area contributed by atoms with Crippen LogP contribution in [-0.4, -0.2) is 24.0 Å². The quantitative estimate of drug-likeness (QED) is 0.647. The van der Waals surface area contributed by atoms with Crippen molar-refractivity contribution in [2.45, 2.75) is 46.6 Å². The van der Waals surface area contributed by atoms with Crippen molar-refractivity contribution in [1.29, 1.82) is 0 Å². The molecule has 0 aromatic heterocycles. The molecule has 1 aromatic carbocycles. The van der Waals surface area contributed by atoms with Crippen molar-refractivity contribution in [3.63, 3.8) is 0 Å². The number of carbonyl (C=O) groups is 2. The van der Waals surface area contributed by atoms with E-state index >= 15 is 0 Å². The van der Waals surface area contributed by atoms with Crippen LogP contribution < -0.4 is 11.1 Å². The lowest BCUT2D eigenvalue weighted by atomic mass is 9.82. The Balaban J connectivity index is 2.49. The number of nitrogens with two attached hydrogens (primary N) is 1. The maximum Gasteiger partial charge on any atom is 0.338 e. The second kappa shape index (κ2) is 6.81. The van der Waals surface area contributed by atoms with E-state index in [0.29, 0.717) is 11.3 Å². The number of benzene rings is 1. The summed E-state index contributed by atoms with van der Waals surface area (Å²) in [6.45, 7) is 9.96. The predicted octanol–water partition coefficient (Wildman–Crippen LogP) is 2.76. The first-order valence-electron chi connectivity index (χ1n) is 7.32. The molecule has 0 radical (unpaired) electrons. The third-order valence-electron chi connectivity index (χ3n) is 2.93. The molecule has 22 heavy (non-hydrogen) atoms. The van der Waals surface area contributed by atoms with Gasteiger partial charge in [0.1, 0.15) is 0 Å². The lowest BCUT2D eigenvalue weighted by molar-refractivity contribution is -0.126. The largest absolute Gasteiger partial charge is 0.452 e. The Morgan fingerprint density at radius 1 is 1.09 bits per heavy atom. The van der Waals surface area contributed by atoms with Crippen molar-refractivity contribution < 1.29 is 14.3 Å². The van der Waals surface area contributed by atoms with Crippen LogP contribution in [0, 0.1) is 5.41 Å². The van der Waals surface area contributed by atoms with E-state index in [9.17, 15) is 9.59 Å². The van der Waals surface area contributed by atoms with Gasteiger partial charge in [0, 0.05) is 11.2 Å². The Bertz CT molecular complexity index is 528. The zero-order valence-corrected chi connectivity index (χ0v) is 14.0. The van der Waals surface area contributed by atoms with Gasteiger partial charge in [0.2, 0.25) is 0 Å². The molecule has 1 rings (SSSR count). The number of esters is 1. The first-order chi connectivity index (χ1) is 9.98. The molecule has 0 aliphatic carbocycles. The van der Waals surface area contributed by atoms with Gasteiger partial charge in [-0.25, -0.2) is 4.79 Å². The molecule has 0 spiro atoms. The number of nitrogen functional groups attached to an aromatic ring is 1. The number of nitrogens with one attached hydrogen (secondary N) is 1. The number of hydrogen-bond donors (Lipinski definition) is 2. The molecule has 0 bridgehead atoms. The SMILES string of the molecule is CC(C)(C)CC(C)(C)NC(=O)COC(=O)c1ccc(N)cc1. The Morgan fingerprint density at radius 3 is 2.14 bits per heavy atom. The highest BCUT2D eigenvalue weighted by Gasteiger charge is 2.27. The fourth-order valence-electron chi connectivity index (χ4n) is 2.62. The van der Waals surface area contributed by atoms with Gasteiger partial charge in [0.15, 0.2) is 6.61 Å². The minimum absolute atomic E-state index is 0.0947. The molecular weight excluding hydrogens is 280 g/mol. The van der Waals surface area contributed by atoms with Crippen LogP contribution in [0.5, 0.6) is 0 Å². The van der Waals surface area contributed by atoms with Crippen LogP contribution in [0.4, 0.5) is 5.69 Å². The normalized spacial score (nSPS) is 11.9. The summed E-state index contributed by atoms with van der Waals surface area (Å²) in [6, 6.07) is 6.37. The summed E-state index contributed by atoms with van der Waals surface area (Å²) in [7, 11) is 0. The second-order valence-corrected chi connectivity index (χ2v) is 7.37. The highest BCUT2D eigenvalue weighted by atomic mass is 16.5. The summed E-state index contributed by atoms with van der Waals surface area (Å²) in [4.78, 5) is 23.7. The summed E-state index contributed by atoms with van der Waals surface area (Å²) in [6.07, 6.45) is 0.817. The van der Waals surface area contributed by atoms with Crippen molar-refractivity contribution >= 4 is 17.6 Å². The lowest BCUT2D eigenvalue weighted by Gasteiger charge is -2.33. The number of rotatable bonds is 5. The molecular formula is C17H26N2O3. The number of ether oxygens (including phenoxy) is 1. The Morgan fingerprint density at radius 2 is 1.64 bits per heavy atom. The molecule has 0 saturated heterocycles. The highest BCUT2D eigenvalue weighted by molar-refractivity contribution is 5.91. The zero-order valence-electron chi connectivity index (χ0n) is 14.0. The van der Waals surface area contributed by atoms with Gasteiger partial charge in [0.25, 0.3) is 5.91 Å². The summed E-state index contributed by atoms with van der Waals surface area (Å²) >= 11 is 0. The Hall–Kier alpha value is -2.04. The lowest BCUT2D eigenvalue weighted by Crippen LogP contribution is -2.47. The van der Waals surface area contributed by atoms with Gasteiger partial charge >= 0.3 is 5.97 Å². The summed E-state index contributed by atoms with van der Waals surface area (Å²) in [5, 5.41) is 2.89. The molecule has 0 heterocycles. The number of amides is 1.